The van der Waals surface area contributed by atoms with Crippen molar-refractivity contribution < 1.29 is 4.79 Å². The van der Waals surface area contributed by atoms with Crippen LogP contribution in [-0.2, 0) is 4.79 Å². The van der Waals surface area contributed by atoms with Crippen molar-refractivity contribution in [3.05, 3.63) is 12.4 Å². The average Bonchev–Trinajstić information content (AvgIpc) is 2.86. The van der Waals surface area contributed by atoms with Crippen LogP contribution in [0.2, 0.25) is 0 Å². The summed E-state index contributed by atoms with van der Waals surface area (Å²) in [6, 6.07) is 0. The lowest BCUT2D eigenvalue weighted by Gasteiger charge is -2.07. The van der Waals surface area contributed by atoms with Crippen molar-refractivity contribution in [3.63, 3.8) is 0 Å². The van der Waals surface area contributed by atoms with E-state index in [-0.39, 0.29) is 18.3 Å². The molecule has 1 aromatic heterocycles. The number of anilines is 1. The van der Waals surface area contributed by atoms with Crippen molar-refractivity contribution in [2.24, 2.45) is 5.92 Å². The Morgan fingerprint density at radius 3 is 3.12 bits per heavy atom. The van der Waals surface area contributed by atoms with Crippen molar-refractivity contribution >= 4 is 24.0 Å². The number of halogens is 1. The number of aromatic amines is 1. The van der Waals surface area contributed by atoms with Crippen molar-refractivity contribution in [3.8, 4) is 0 Å². The Morgan fingerprint density at radius 1 is 1.62 bits per heavy atom. The molecule has 1 unspecified atom stereocenters. The Bertz CT molecular complexity index is 309. The lowest BCUT2D eigenvalue weighted by molar-refractivity contribution is -0.116. The van der Waals surface area contributed by atoms with E-state index in [0.717, 1.165) is 25.2 Å². The highest BCUT2D eigenvalue weighted by Crippen LogP contribution is 2.14. The Morgan fingerprint density at radius 2 is 2.50 bits per heavy atom. The highest BCUT2D eigenvalue weighted by molar-refractivity contribution is 5.90. The molecule has 0 radical (unpaired) electrons. The molecule has 2 rings (SSSR count). The van der Waals surface area contributed by atoms with Gasteiger partial charge >= 0.3 is 0 Å². The summed E-state index contributed by atoms with van der Waals surface area (Å²) in [5, 5.41) is 12.5. The number of H-pyrrole nitrogens is 1. The predicted octanol–water partition coefficient (Wildman–Crippen LogP) is 1.16. The van der Waals surface area contributed by atoms with Gasteiger partial charge in [0.1, 0.15) is 0 Å². The van der Waals surface area contributed by atoms with Crippen LogP contribution in [0.25, 0.3) is 0 Å². The molecular formula is C10H17ClN4O. The van der Waals surface area contributed by atoms with Crippen LogP contribution in [0.5, 0.6) is 0 Å². The van der Waals surface area contributed by atoms with Gasteiger partial charge in [0, 0.05) is 12.6 Å². The number of hydrogen-bond acceptors (Lipinski definition) is 3. The van der Waals surface area contributed by atoms with Crippen LogP contribution in [-0.4, -0.2) is 29.2 Å². The molecule has 0 aliphatic carbocycles. The fourth-order valence-corrected chi connectivity index (χ4v) is 1.84. The first-order valence-electron chi connectivity index (χ1n) is 5.34. The number of rotatable bonds is 4. The summed E-state index contributed by atoms with van der Waals surface area (Å²) >= 11 is 0. The SMILES string of the molecule is Cl.O=C(CCC1CCNC1)Nc1cn[nH]c1. The summed E-state index contributed by atoms with van der Waals surface area (Å²) in [6.45, 7) is 2.15. The van der Waals surface area contributed by atoms with Crippen molar-refractivity contribution in [1.82, 2.24) is 15.5 Å². The van der Waals surface area contributed by atoms with Gasteiger partial charge in [-0.2, -0.15) is 5.10 Å². The van der Waals surface area contributed by atoms with Crippen molar-refractivity contribution in [2.75, 3.05) is 18.4 Å². The summed E-state index contributed by atoms with van der Waals surface area (Å²) in [6.07, 6.45) is 6.04. The lowest BCUT2D eigenvalue weighted by atomic mass is 10.0. The third-order valence-corrected chi connectivity index (χ3v) is 2.72. The van der Waals surface area contributed by atoms with Gasteiger partial charge in [-0.25, -0.2) is 0 Å². The fraction of sp³-hybridized carbons (Fsp3) is 0.600. The van der Waals surface area contributed by atoms with E-state index < -0.39 is 0 Å². The molecule has 5 nitrogen and oxygen atoms in total. The second-order valence-corrected chi connectivity index (χ2v) is 3.93. The number of carbonyl (C=O) groups is 1. The van der Waals surface area contributed by atoms with Crippen LogP contribution >= 0.6 is 12.4 Å². The number of amides is 1. The maximum absolute atomic E-state index is 11.5. The van der Waals surface area contributed by atoms with Crippen molar-refractivity contribution in [1.29, 1.82) is 0 Å². The Labute approximate surface area is 101 Å². The Balaban J connectivity index is 0.00000128. The van der Waals surface area contributed by atoms with Gasteiger partial charge in [-0.1, -0.05) is 0 Å². The number of nitrogens with one attached hydrogen (secondary N) is 3. The quantitative estimate of drug-likeness (QED) is 0.745. The van der Waals surface area contributed by atoms with Gasteiger partial charge in [-0.05, 0) is 31.8 Å². The molecule has 1 aliphatic rings. The molecule has 16 heavy (non-hydrogen) atoms. The van der Waals surface area contributed by atoms with E-state index in [1.807, 2.05) is 0 Å². The van der Waals surface area contributed by atoms with E-state index in [2.05, 4.69) is 20.8 Å². The minimum absolute atomic E-state index is 0. The third kappa shape index (κ3) is 3.83. The molecule has 0 saturated carbocycles. The summed E-state index contributed by atoms with van der Waals surface area (Å²) in [5.41, 5.74) is 0.740. The molecule has 0 bridgehead atoms. The Kier molecular flexibility index (Phi) is 5.28. The summed E-state index contributed by atoms with van der Waals surface area (Å²) < 4.78 is 0. The molecular weight excluding hydrogens is 228 g/mol. The minimum atomic E-state index is 0. The topological polar surface area (TPSA) is 69.8 Å². The molecule has 6 heteroatoms. The van der Waals surface area contributed by atoms with Crippen LogP contribution in [0.1, 0.15) is 19.3 Å². The van der Waals surface area contributed by atoms with Crippen molar-refractivity contribution in [2.45, 2.75) is 19.3 Å². The molecule has 0 spiro atoms. The summed E-state index contributed by atoms with van der Waals surface area (Å²) in [5.74, 6) is 0.739. The molecule has 1 aromatic rings. The van der Waals surface area contributed by atoms with Crippen LogP contribution in [0.3, 0.4) is 0 Å². The zero-order chi connectivity index (χ0) is 10.5. The summed E-state index contributed by atoms with van der Waals surface area (Å²) in [7, 11) is 0. The van der Waals surface area contributed by atoms with Crippen LogP contribution in [0, 0.1) is 5.92 Å². The standard InChI is InChI=1S/C10H16N4O.ClH/c15-10(14-9-6-12-13-7-9)2-1-8-3-4-11-5-8;/h6-8,11H,1-5H2,(H,12,13)(H,14,15);1H. The van der Waals surface area contributed by atoms with E-state index in [4.69, 9.17) is 0 Å². The van der Waals surface area contributed by atoms with E-state index in [1.165, 1.54) is 6.42 Å². The van der Waals surface area contributed by atoms with E-state index in [0.29, 0.717) is 12.3 Å². The first-order valence-corrected chi connectivity index (χ1v) is 5.34. The molecule has 1 amide bonds. The predicted molar refractivity (Wildman–Crippen MR) is 64.7 cm³/mol. The minimum Gasteiger partial charge on any atom is -0.323 e. The average molecular weight is 245 g/mol. The maximum atomic E-state index is 11.5. The molecule has 1 atom stereocenters. The number of aromatic nitrogens is 2. The molecule has 3 N–H and O–H groups in total. The van der Waals surface area contributed by atoms with Gasteiger partial charge in [-0.3, -0.25) is 9.89 Å². The highest BCUT2D eigenvalue weighted by Gasteiger charge is 2.15. The van der Waals surface area contributed by atoms with Gasteiger partial charge in [-0.15, -0.1) is 12.4 Å². The normalized spacial score (nSPS) is 19.1. The largest absolute Gasteiger partial charge is 0.323 e. The number of hydrogen-bond donors (Lipinski definition) is 3. The van der Waals surface area contributed by atoms with E-state index in [9.17, 15) is 4.79 Å². The fourth-order valence-electron chi connectivity index (χ4n) is 1.84. The molecule has 0 aromatic carbocycles. The monoisotopic (exact) mass is 244 g/mol. The molecule has 90 valence electrons. The molecule has 1 fully saturated rings. The summed E-state index contributed by atoms with van der Waals surface area (Å²) in [4.78, 5) is 11.5. The smallest absolute Gasteiger partial charge is 0.224 e. The number of nitrogens with zero attached hydrogens (tertiary/aromatic N) is 1. The first kappa shape index (κ1) is 13.0. The van der Waals surface area contributed by atoms with E-state index >= 15 is 0 Å². The highest BCUT2D eigenvalue weighted by atomic mass is 35.5. The Hall–Kier alpha value is -1.07. The zero-order valence-electron chi connectivity index (χ0n) is 9.03. The molecule has 2 heterocycles. The molecule has 1 saturated heterocycles. The third-order valence-electron chi connectivity index (χ3n) is 2.72. The van der Waals surface area contributed by atoms with Crippen LogP contribution in [0.15, 0.2) is 12.4 Å². The second-order valence-electron chi connectivity index (χ2n) is 3.93. The zero-order valence-corrected chi connectivity index (χ0v) is 9.85. The van der Waals surface area contributed by atoms with Gasteiger partial charge in [0.05, 0.1) is 11.9 Å². The van der Waals surface area contributed by atoms with Gasteiger partial charge < -0.3 is 10.6 Å². The number of carbonyl (C=O) groups excluding carboxylic acids is 1. The van der Waals surface area contributed by atoms with Crippen LogP contribution < -0.4 is 10.6 Å². The van der Waals surface area contributed by atoms with Gasteiger partial charge in [0.25, 0.3) is 0 Å². The lowest BCUT2D eigenvalue weighted by Crippen LogP contribution is -2.14. The molecule has 1 aliphatic heterocycles. The first-order chi connectivity index (χ1) is 7.34. The second kappa shape index (κ2) is 6.50. The van der Waals surface area contributed by atoms with Gasteiger partial charge in [0.15, 0.2) is 0 Å². The van der Waals surface area contributed by atoms with E-state index in [1.54, 1.807) is 12.4 Å². The van der Waals surface area contributed by atoms with Crippen LogP contribution in [0.4, 0.5) is 5.69 Å². The maximum Gasteiger partial charge on any atom is 0.224 e. The van der Waals surface area contributed by atoms with Gasteiger partial charge in [0.2, 0.25) is 5.91 Å².